The number of rotatable bonds is 5. The Kier molecular flexibility index (Phi) is 4.98. The maximum absolute atomic E-state index is 13.6. The van der Waals surface area contributed by atoms with Crippen molar-refractivity contribution in [3.8, 4) is 0 Å². The first-order valence-electron chi connectivity index (χ1n) is 5.46. The summed E-state index contributed by atoms with van der Waals surface area (Å²) in [5, 5.41) is 5.23. The fourth-order valence-corrected chi connectivity index (χ4v) is 1.30. The summed E-state index contributed by atoms with van der Waals surface area (Å²) in [5.41, 5.74) is 6.42. The molecule has 1 aromatic carbocycles. The molecule has 98 valence electrons. The van der Waals surface area contributed by atoms with Crippen molar-refractivity contribution in [2.75, 3.05) is 29.5 Å². The van der Waals surface area contributed by atoms with Crippen LogP contribution in [0.5, 0.6) is 0 Å². The summed E-state index contributed by atoms with van der Waals surface area (Å²) in [5.74, 6) is -0.621. The lowest BCUT2D eigenvalue weighted by Crippen LogP contribution is -2.15. The van der Waals surface area contributed by atoms with E-state index in [1.54, 1.807) is 13.0 Å². The third-order valence-electron chi connectivity index (χ3n) is 2.09. The van der Waals surface area contributed by atoms with E-state index >= 15 is 0 Å². The molecule has 0 bridgehead atoms. The van der Waals surface area contributed by atoms with Gasteiger partial charge in [-0.25, -0.2) is 9.18 Å². The first-order chi connectivity index (χ1) is 8.58. The summed E-state index contributed by atoms with van der Waals surface area (Å²) in [6.07, 6.45) is 0.928. The van der Waals surface area contributed by atoms with Crippen molar-refractivity contribution in [1.82, 2.24) is 0 Å². The van der Waals surface area contributed by atoms with Crippen LogP contribution in [-0.4, -0.2) is 19.2 Å². The van der Waals surface area contributed by atoms with Crippen molar-refractivity contribution >= 4 is 23.2 Å². The molecule has 0 fully saturated rings. The van der Waals surface area contributed by atoms with Crippen LogP contribution >= 0.6 is 0 Å². The largest absolute Gasteiger partial charge is 0.450 e. The number of carbonyl (C=O) groups excluding carboxylic acids is 1. The zero-order valence-corrected chi connectivity index (χ0v) is 10.1. The van der Waals surface area contributed by atoms with Crippen LogP contribution in [0.1, 0.15) is 6.92 Å². The molecule has 4 N–H and O–H groups in total. The van der Waals surface area contributed by atoms with E-state index in [-0.39, 0.29) is 18.0 Å². The molecule has 1 amide bonds. The molecular weight excluding hydrogens is 237 g/mol. The van der Waals surface area contributed by atoms with E-state index in [1.807, 2.05) is 0 Å². The van der Waals surface area contributed by atoms with Gasteiger partial charge >= 0.3 is 6.09 Å². The molecule has 0 heterocycles. The fourth-order valence-electron chi connectivity index (χ4n) is 1.30. The topological polar surface area (TPSA) is 76.4 Å². The Balaban J connectivity index is 2.90. The minimum Gasteiger partial charge on any atom is -0.450 e. The highest BCUT2D eigenvalue weighted by Crippen LogP contribution is 2.26. The first-order valence-corrected chi connectivity index (χ1v) is 5.46. The minimum atomic E-state index is -0.712. The van der Waals surface area contributed by atoms with Crippen molar-refractivity contribution in [3.63, 3.8) is 0 Å². The smallest absolute Gasteiger partial charge is 0.411 e. The van der Waals surface area contributed by atoms with Crippen molar-refractivity contribution in [2.24, 2.45) is 0 Å². The average molecular weight is 253 g/mol. The van der Waals surface area contributed by atoms with Gasteiger partial charge in [-0.2, -0.15) is 0 Å². The van der Waals surface area contributed by atoms with Gasteiger partial charge in [-0.15, -0.1) is 6.58 Å². The monoisotopic (exact) mass is 253 g/mol. The van der Waals surface area contributed by atoms with Crippen LogP contribution in [0.3, 0.4) is 0 Å². The summed E-state index contributed by atoms with van der Waals surface area (Å²) in [6, 6.07) is 2.54. The molecule has 0 saturated carbocycles. The van der Waals surface area contributed by atoms with E-state index in [0.717, 1.165) is 6.07 Å². The Morgan fingerprint density at radius 3 is 2.89 bits per heavy atom. The lowest BCUT2D eigenvalue weighted by molar-refractivity contribution is 0.168. The molecule has 0 aromatic heterocycles. The van der Waals surface area contributed by atoms with Crippen LogP contribution in [0.2, 0.25) is 0 Å². The highest BCUT2D eigenvalue weighted by molar-refractivity contribution is 5.87. The maximum Gasteiger partial charge on any atom is 0.411 e. The Bertz CT molecular complexity index is 449. The molecule has 1 aromatic rings. The van der Waals surface area contributed by atoms with Crippen molar-refractivity contribution < 1.29 is 13.9 Å². The van der Waals surface area contributed by atoms with E-state index in [1.165, 1.54) is 6.07 Å². The Hall–Kier alpha value is -2.24. The van der Waals surface area contributed by atoms with Crippen LogP contribution in [0.15, 0.2) is 24.8 Å². The van der Waals surface area contributed by atoms with E-state index < -0.39 is 11.9 Å². The number of halogens is 1. The van der Waals surface area contributed by atoms with Gasteiger partial charge in [0.25, 0.3) is 0 Å². The maximum atomic E-state index is 13.6. The number of nitrogens with one attached hydrogen (secondary N) is 2. The second-order valence-corrected chi connectivity index (χ2v) is 3.43. The van der Waals surface area contributed by atoms with Gasteiger partial charge in [0, 0.05) is 12.6 Å². The van der Waals surface area contributed by atoms with Crippen molar-refractivity contribution in [2.45, 2.75) is 6.92 Å². The summed E-state index contributed by atoms with van der Waals surface area (Å²) in [7, 11) is 0. The number of nitrogen functional groups attached to an aromatic ring is 1. The van der Waals surface area contributed by atoms with Gasteiger partial charge in [0.1, 0.15) is 5.82 Å². The van der Waals surface area contributed by atoms with E-state index in [9.17, 15) is 9.18 Å². The van der Waals surface area contributed by atoms with Gasteiger partial charge in [-0.3, -0.25) is 5.32 Å². The highest BCUT2D eigenvalue weighted by Gasteiger charge is 2.10. The van der Waals surface area contributed by atoms with Crippen LogP contribution in [0.25, 0.3) is 0 Å². The lowest BCUT2D eigenvalue weighted by Gasteiger charge is -2.12. The molecule has 0 atom stereocenters. The zero-order valence-electron chi connectivity index (χ0n) is 10.1. The van der Waals surface area contributed by atoms with E-state index in [0.29, 0.717) is 12.2 Å². The van der Waals surface area contributed by atoms with Gasteiger partial charge in [0.15, 0.2) is 0 Å². The van der Waals surface area contributed by atoms with Gasteiger partial charge in [0.2, 0.25) is 0 Å². The molecule has 0 aliphatic rings. The molecule has 6 heteroatoms. The second kappa shape index (κ2) is 6.48. The molecule has 0 aliphatic carbocycles. The van der Waals surface area contributed by atoms with E-state index in [2.05, 4.69) is 21.9 Å². The van der Waals surface area contributed by atoms with E-state index in [4.69, 9.17) is 5.73 Å². The number of nitrogens with two attached hydrogens (primary N) is 1. The Morgan fingerprint density at radius 2 is 2.28 bits per heavy atom. The van der Waals surface area contributed by atoms with Gasteiger partial charge in [-0.1, -0.05) is 6.08 Å². The zero-order chi connectivity index (χ0) is 13.5. The van der Waals surface area contributed by atoms with Crippen LogP contribution in [0, 0.1) is 5.82 Å². The van der Waals surface area contributed by atoms with Gasteiger partial charge in [-0.05, 0) is 13.0 Å². The predicted molar refractivity (Wildman–Crippen MR) is 70.1 cm³/mol. The number of ether oxygens (including phenoxy) is 1. The molecule has 1 rings (SSSR count). The van der Waals surface area contributed by atoms with Crippen molar-refractivity contribution in [1.29, 1.82) is 0 Å². The SMILES string of the molecule is C=CCNc1cc(NC(=O)OCC)c(F)cc1N. The number of hydrogen-bond donors (Lipinski definition) is 3. The molecule has 0 unspecified atom stereocenters. The average Bonchev–Trinajstić information content (AvgIpc) is 2.31. The first kappa shape index (κ1) is 13.8. The predicted octanol–water partition coefficient (Wildman–Crippen LogP) is 2.57. The lowest BCUT2D eigenvalue weighted by atomic mass is 10.2. The summed E-state index contributed by atoms with van der Waals surface area (Å²) >= 11 is 0. The minimum absolute atomic E-state index is 0.00853. The van der Waals surface area contributed by atoms with Crippen molar-refractivity contribution in [3.05, 3.63) is 30.6 Å². The number of hydrogen-bond acceptors (Lipinski definition) is 4. The van der Waals surface area contributed by atoms with Gasteiger partial charge in [0.05, 0.1) is 23.7 Å². The van der Waals surface area contributed by atoms with Crippen LogP contribution < -0.4 is 16.4 Å². The summed E-state index contributed by atoms with van der Waals surface area (Å²) < 4.78 is 18.2. The molecule has 0 aliphatic heterocycles. The number of benzene rings is 1. The molecule has 0 radical (unpaired) electrons. The standard InChI is InChI=1S/C12H16FN3O2/c1-3-5-15-11-7-10(8(13)6-9(11)14)16-12(17)18-4-2/h3,6-7,15H,1,4-5,14H2,2H3,(H,16,17). The molecule has 0 saturated heterocycles. The number of amides is 1. The Morgan fingerprint density at radius 1 is 1.56 bits per heavy atom. The highest BCUT2D eigenvalue weighted by atomic mass is 19.1. The molecule has 5 nitrogen and oxygen atoms in total. The van der Waals surface area contributed by atoms with Gasteiger partial charge < -0.3 is 15.8 Å². The molecular formula is C12H16FN3O2. The number of anilines is 3. The van der Waals surface area contributed by atoms with Crippen LogP contribution in [-0.2, 0) is 4.74 Å². The quantitative estimate of drug-likeness (QED) is 0.557. The second-order valence-electron chi connectivity index (χ2n) is 3.43. The van der Waals surface area contributed by atoms with Crippen LogP contribution in [0.4, 0.5) is 26.2 Å². The molecule has 0 spiro atoms. The fraction of sp³-hybridized carbons (Fsp3) is 0.250. The molecule has 18 heavy (non-hydrogen) atoms. The summed E-state index contributed by atoms with van der Waals surface area (Å²) in [4.78, 5) is 11.2. The summed E-state index contributed by atoms with van der Waals surface area (Å²) in [6.45, 7) is 5.91. The third-order valence-corrected chi connectivity index (χ3v) is 2.09. The Labute approximate surface area is 105 Å². The third kappa shape index (κ3) is 3.65. The number of carbonyl (C=O) groups is 1. The normalized spacial score (nSPS) is 9.67.